The lowest BCUT2D eigenvalue weighted by atomic mass is 10.2. The molecule has 0 amide bonds. The number of rotatable bonds is 4. The highest BCUT2D eigenvalue weighted by atomic mass is 16.5. The van der Waals surface area contributed by atoms with Gasteiger partial charge in [-0.25, -0.2) is 14.5 Å². The van der Waals surface area contributed by atoms with Crippen LogP contribution >= 0.6 is 0 Å². The number of hydrogen-bond donors (Lipinski definition) is 1. The molecule has 0 aliphatic rings. The fourth-order valence-electron chi connectivity index (χ4n) is 2.39. The zero-order valence-electron chi connectivity index (χ0n) is 13.9. The van der Waals surface area contributed by atoms with E-state index in [1.807, 2.05) is 54.6 Å². The van der Waals surface area contributed by atoms with Gasteiger partial charge >= 0.3 is 5.97 Å². The fourth-order valence-corrected chi connectivity index (χ4v) is 2.39. The molecule has 1 aromatic heterocycles. The van der Waals surface area contributed by atoms with Crippen LogP contribution in [0.2, 0.25) is 0 Å². The molecule has 0 fully saturated rings. The summed E-state index contributed by atoms with van der Waals surface area (Å²) in [6.07, 6.45) is 0. The van der Waals surface area contributed by atoms with Gasteiger partial charge < -0.3 is 9.84 Å². The van der Waals surface area contributed by atoms with E-state index in [1.165, 1.54) is 6.07 Å². The third-order valence-electron chi connectivity index (χ3n) is 3.65. The Bertz CT molecular complexity index is 913. The average Bonchev–Trinajstić information content (AvgIpc) is 3.03. The van der Waals surface area contributed by atoms with Crippen LogP contribution in [-0.4, -0.2) is 33.8 Å². The minimum Gasteiger partial charge on any atom is -0.497 e. The van der Waals surface area contributed by atoms with Gasteiger partial charge in [0.05, 0.1) is 12.8 Å². The number of aromatic nitrogens is 2. The van der Waals surface area contributed by atoms with Gasteiger partial charge in [0.25, 0.3) is 0 Å². The van der Waals surface area contributed by atoms with E-state index in [1.54, 1.807) is 18.7 Å². The maximum atomic E-state index is 11.2. The minimum atomic E-state index is -1.07. The second-order valence-corrected chi connectivity index (χ2v) is 5.39. The van der Waals surface area contributed by atoms with Crippen LogP contribution in [0.4, 0.5) is 5.69 Å². The molecule has 25 heavy (non-hydrogen) atoms. The van der Waals surface area contributed by atoms with E-state index in [-0.39, 0.29) is 5.69 Å². The van der Waals surface area contributed by atoms with Crippen LogP contribution in [0.15, 0.2) is 65.7 Å². The van der Waals surface area contributed by atoms with Crippen molar-refractivity contribution in [2.75, 3.05) is 7.11 Å². The van der Waals surface area contributed by atoms with E-state index < -0.39 is 5.97 Å². The Balaban J connectivity index is 2.13. The van der Waals surface area contributed by atoms with Gasteiger partial charge in [-0.1, -0.05) is 30.3 Å². The number of aryl methyl sites for hydroxylation is 1. The molecule has 3 aromatic rings. The van der Waals surface area contributed by atoms with Crippen LogP contribution in [0.3, 0.4) is 0 Å². The van der Waals surface area contributed by atoms with E-state index >= 15 is 0 Å². The summed E-state index contributed by atoms with van der Waals surface area (Å²) >= 11 is 0. The van der Waals surface area contributed by atoms with Crippen LogP contribution in [0, 0.1) is 6.92 Å². The maximum absolute atomic E-state index is 11.2. The maximum Gasteiger partial charge on any atom is 0.356 e. The Morgan fingerprint density at radius 2 is 1.80 bits per heavy atom. The molecule has 0 spiro atoms. The van der Waals surface area contributed by atoms with Crippen molar-refractivity contribution in [1.82, 2.24) is 9.78 Å². The molecule has 0 aliphatic heterocycles. The molecule has 0 bridgehead atoms. The monoisotopic (exact) mass is 335 g/mol. The lowest BCUT2D eigenvalue weighted by Crippen LogP contribution is -2.17. The molecule has 2 aromatic carbocycles. The van der Waals surface area contributed by atoms with Crippen molar-refractivity contribution in [2.45, 2.75) is 6.92 Å². The first-order chi connectivity index (χ1) is 12.1. The van der Waals surface area contributed by atoms with Crippen molar-refractivity contribution >= 4 is 17.5 Å². The van der Waals surface area contributed by atoms with Crippen molar-refractivity contribution in [3.63, 3.8) is 0 Å². The van der Waals surface area contributed by atoms with Gasteiger partial charge in [0.1, 0.15) is 5.75 Å². The first-order valence-electron chi connectivity index (χ1n) is 7.67. The third-order valence-corrected chi connectivity index (χ3v) is 3.65. The lowest BCUT2D eigenvalue weighted by molar-refractivity contribution is 0.0690. The van der Waals surface area contributed by atoms with Gasteiger partial charge in [-0.3, -0.25) is 0 Å². The highest BCUT2D eigenvalue weighted by Crippen LogP contribution is 2.20. The third kappa shape index (κ3) is 3.58. The lowest BCUT2D eigenvalue weighted by Gasteiger charge is -2.09. The molecule has 0 radical (unpaired) electrons. The Morgan fingerprint density at radius 1 is 1.12 bits per heavy atom. The highest BCUT2D eigenvalue weighted by molar-refractivity contribution is 6.02. The van der Waals surface area contributed by atoms with Crippen LogP contribution < -0.4 is 4.74 Å². The Morgan fingerprint density at radius 3 is 2.36 bits per heavy atom. The molecule has 1 N–H and O–H groups in total. The van der Waals surface area contributed by atoms with E-state index in [2.05, 4.69) is 10.1 Å². The molecule has 0 aliphatic carbocycles. The Kier molecular flexibility index (Phi) is 4.61. The number of carboxylic acids is 1. The summed E-state index contributed by atoms with van der Waals surface area (Å²) < 4.78 is 6.71. The summed E-state index contributed by atoms with van der Waals surface area (Å²) in [5, 5.41) is 13.4. The number of carbonyl (C=O) groups is 1. The summed E-state index contributed by atoms with van der Waals surface area (Å²) in [6, 6.07) is 18.3. The fraction of sp³-hybridized carbons (Fsp3) is 0.105. The number of hydrogen-bond acceptors (Lipinski definition) is 4. The molecule has 0 saturated carbocycles. The molecule has 3 rings (SSSR count). The van der Waals surface area contributed by atoms with Crippen LogP contribution in [0.5, 0.6) is 5.75 Å². The van der Waals surface area contributed by atoms with E-state index in [9.17, 15) is 9.90 Å². The van der Waals surface area contributed by atoms with Crippen LogP contribution in [0.1, 0.15) is 21.7 Å². The molecule has 0 saturated heterocycles. The second-order valence-electron chi connectivity index (χ2n) is 5.39. The van der Waals surface area contributed by atoms with Gasteiger partial charge in [-0.15, -0.1) is 0 Å². The standard InChI is InChI=1S/C19H17N3O3/c1-13-12-17(19(23)24)21-22(13)18(14-6-4-3-5-7-14)20-15-8-10-16(25-2)11-9-15/h3-12H,1-2H3,(H,23,24). The molecule has 126 valence electrons. The predicted molar refractivity (Wildman–Crippen MR) is 95.0 cm³/mol. The Hall–Kier alpha value is -3.41. The first-order valence-corrected chi connectivity index (χ1v) is 7.67. The molecule has 0 unspecified atom stereocenters. The molecule has 6 heteroatoms. The van der Waals surface area contributed by atoms with Crippen molar-refractivity contribution in [3.8, 4) is 5.75 Å². The van der Waals surface area contributed by atoms with Crippen LogP contribution in [-0.2, 0) is 0 Å². The zero-order valence-corrected chi connectivity index (χ0v) is 13.9. The minimum absolute atomic E-state index is 0.0177. The number of benzene rings is 2. The summed E-state index contributed by atoms with van der Waals surface area (Å²) in [7, 11) is 1.61. The summed E-state index contributed by atoms with van der Waals surface area (Å²) in [5.41, 5.74) is 2.22. The quantitative estimate of drug-likeness (QED) is 0.584. The number of aliphatic imine (C=N–C) groups is 1. The van der Waals surface area contributed by atoms with E-state index in [4.69, 9.17) is 4.74 Å². The van der Waals surface area contributed by atoms with Gasteiger partial charge in [-0.05, 0) is 37.3 Å². The number of nitrogens with zero attached hydrogens (tertiary/aromatic N) is 3. The number of carboxylic acid groups (broad SMARTS) is 1. The van der Waals surface area contributed by atoms with E-state index in [0.717, 1.165) is 11.3 Å². The SMILES string of the molecule is COc1ccc(N=C(c2ccccc2)n2nc(C(=O)O)cc2C)cc1. The summed E-state index contributed by atoms with van der Waals surface area (Å²) in [6.45, 7) is 1.80. The van der Waals surface area contributed by atoms with Gasteiger partial charge in [-0.2, -0.15) is 5.10 Å². The largest absolute Gasteiger partial charge is 0.497 e. The van der Waals surface area contributed by atoms with Gasteiger partial charge in [0, 0.05) is 11.3 Å². The number of methoxy groups -OCH3 is 1. The average molecular weight is 335 g/mol. The normalized spacial score (nSPS) is 11.4. The predicted octanol–water partition coefficient (Wildman–Crippen LogP) is 3.52. The zero-order chi connectivity index (χ0) is 17.8. The Labute approximate surface area is 145 Å². The van der Waals surface area contributed by atoms with E-state index in [0.29, 0.717) is 17.2 Å². The van der Waals surface area contributed by atoms with Gasteiger partial charge in [0.2, 0.25) is 0 Å². The topological polar surface area (TPSA) is 76.7 Å². The van der Waals surface area contributed by atoms with Crippen LogP contribution in [0.25, 0.3) is 0 Å². The molecule has 0 atom stereocenters. The van der Waals surface area contributed by atoms with Crippen molar-refractivity contribution in [2.24, 2.45) is 4.99 Å². The molecular weight excluding hydrogens is 318 g/mol. The van der Waals surface area contributed by atoms with Gasteiger partial charge in [0.15, 0.2) is 11.5 Å². The van der Waals surface area contributed by atoms with Crippen molar-refractivity contribution in [1.29, 1.82) is 0 Å². The number of ether oxygens (including phenoxy) is 1. The second kappa shape index (κ2) is 7.00. The highest BCUT2D eigenvalue weighted by Gasteiger charge is 2.15. The van der Waals surface area contributed by atoms with Crippen molar-refractivity contribution in [3.05, 3.63) is 77.6 Å². The summed E-state index contributed by atoms with van der Waals surface area (Å²) in [4.78, 5) is 15.9. The first kappa shape index (κ1) is 16.4. The molecule has 6 nitrogen and oxygen atoms in total. The van der Waals surface area contributed by atoms with Crippen molar-refractivity contribution < 1.29 is 14.6 Å². The number of aromatic carboxylic acids is 1. The smallest absolute Gasteiger partial charge is 0.356 e. The molecule has 1 heterocycles. The molecular formula is C19H17N3O3. The summed E-state index contributed by atoms with van der Waals surface area (Å²) in [5.74, 6) is 0.220.